The highest BCUT2D eigenvalue weighted by atomic mass is 35.5. The van der Waals surface area contributed by atoms with Gasteiger partial charge in [0.2, 0.25) is 10.0 Å². The number of nitrogens with zero attached hydrogens (tertiary/aromatic N) is 2. The molecule has 0 atom stereocenters. The minimum Gasteiger partial charge on any atom is -0.369 e. The molecule has 0 bridgehead atoms. The summed E-state index contributed by atoms with van der Waals surface area (Å²) in [6, 6.07) is 0. The third kappa shape index (κ3) is 4.93. The van der Waals surface area contributed by atoms with Gasteiger partial charge in [-0.2, -0.15) is 0 Å². The molecule has 6 nitrogen and oxygen atoms in total. The maximum absolute atomic E-state index is 11.5. The molecule has 1 heterocycles. The molecule has 0 radical (unpaired) electrons. The van der Waals surface area contributed by atoms with Crippen molar-refractivity contribution in [2.75, 3.05) is 24.2 Å². The van der Waals surface area contributed by atoms with Crippen LogP contribution in [0.25, 0.3) is 0 Å². The number of hydrogen-bond donors (Lipinski definition) is 2. The molecule has 0 aliphatic carbocycles. The van der Waals surface area contributed by atoms with Crippen molar-refractivity contribution in [2.24, 2.45) is 0 Å². The van der Waals surface area contributed by atoms with Crippen LogP contribution in [0.15, 0.2) is 0 Å². The summed E-state index contributed by atoms with van der Waals surface area (Å²) in [5.41, 5.74) is 0.722. The van der Waals surface area contributed by atoms with Crippen molar-refractivity contribution < 1.29 is 8.42 Å². The molecule has 108 valence electrons. The van der Waals surface area contributed by atoms with Gasteiger partial charge in [-0.3, -0.25) is 0 Å². The third-order valence-corrected chi connectivity index (χ3v) is 4.31. The fraction of sp³-hybridized carbons (Fsp3) is 0.636. The summed E-state index contributed by atoms with van der Waals surface area (Å²) in [5.74, 6) is 1.21. The standard InChI is InChI=1S/C11H19ClN4O2S/c1-4-9-15-10(12)8(3)11(16-9)13-6-7-19(17,18)14-5-2/h14H,4-7H2,1-3H3,(H,13,15,16). The largest absolute Gasteiger partial charge is 0.369 e. The monoisotopic (exact) mass is 306 g/mol. The van der Waals surface area contributed by atoms with Crippen LogP contribution in [-0.2, 0) is 16.4 Å². The van der Waals surface area contributed by atoms with Crippen LogP contribution in [-0.4, -0.2) is 37.2 Å². The van der Waals surface area contributed by atoms with Crippen LogP contribution < -0.4 is 10.0 Å². The fourth-order valence-corrected chi connectivity index (χ4v) is 2.60. The average molecular weight is 307 g/mol. The first-order valence-electron chi connectivity index (χ1n) is 6.13. The van der Waals surface area contributed by atoms with Crippen molar-refractivity contribution in [1.82, 2.24) is 14.7 Å². The number of anilines is 1. The first-order chi connectivity index (χ1) is 8.89. The Morgan fingerprint density at radius 2 is 1.95 bits per heavy atom. The van der Waals surface area contributed by atoms with Gasteiger partial charge in [0.15, 0.2) is 0 Å². The van der Waals surface area contributed by atoms with E-state index in [0.717, 1.165) is 5.56 Å². The summed E-state index contributed by atoms with van der Waals surface area (Å²) in [5, 5.41) is 3.38. The van der Waals surface area contributed by atoms with Gasteiger partial charge in [-0.1, -0.05) is 25.4 Å². The highest BCUT2D eigenvalue weighted by molar-refractivity contribution is 7.89. The van der Waals surface area contributed by atoms with Crippen molar-refractivity contribution in [1.29, 1.82) is 0 Å². The van der Waals surface area contributed by atoms with E-state index >= 15 is 0 Å². The van der Waals surface area contributed by atoms with Crippen LogP contribution in [0.3, 0.4) is 0 Å². The molecule has 0 aliphatic heterocycles. The Kier molecular flexibility index (Phi) is 5.96. The highest BCUT2D eigenvalue weighted by Gasteiger charge is 2.11. The molecule has 0 spiro atoms. The quantitative estimate of drug-likeness (QED) is 0.743. The predicted molar refractivity (Wildman–Crippen MR) is 77.1 cm³/mol. The summed E-state index contributed by atoms with van der Waals surface area (Å²) >= 11 is 5.99. The number of nitrogens with one attached hydrogen (secondary N) is 2. The molecule has 0 saturated heterocycles. The Hall–Kier alpha value is -0.920. The molecule has 1 rings (SSSR count). The normalized spacial score (nSPS) is 11.6. The lowest BCUT2D eigenvalue weighted by Gasteiger charge is -2.11. The van der Waals surface area contributed by atoms with Gasteiger partial charge < -0.3 is 5.32 Å². The van der Waals surface area contributed by atoms with E-state index in [4.69, 9.17) is 11.6 Å². The van der Waals surface area contributed by atoms with E-state index < -0.39 is 10.0 Å². The van der Waals surface area contributed by atoms with Crippen molar-refractivity contribution in [3.63, 3.8) is 0 Å². The Morgan fingerprint density at radius 1 is 1.26 bits per heavy atom. The molecule has 19 heavy (non-hydrogen) atoms. The smallest absolute Gasteiger partial charge is 0.213 e. The van der Waals surface area contributed by atoms with E-state index in [-0.39, 0.29) is 12.3 Å². The Labute approximate surface area is 119 Å². The Balaban J connectivity index is 2.70. The second kappa shape index (κ2) is 7.02. The number of aryl methyl sites for hydroxylation is 1. The summed E-state index contributed by atoms with van der Waals surface area (Å²) in [4.78, 5) is 8.42. The van der Waals surface area contributed by atoms with Gasteiger partial charge in [-0.05, 0) is 6.92 Å². The van der Waals surface area contributed by atoms with E-state index in [1.807, 2.05) is 6.92 Å². The van der Waals surface area contributed by atoms with Crippen molar-refractivity contribution in [3.8, 4) is 0 Å². The first-order valence-corrected chi connectivity index (χ1v) is 8.16. The molecular weight excluding hydrogens is 288 g/mol. The van der Waals surface area contributed by atoms with Crippen LogP contribution in [0.5, 0.6) is 0 Å². The van der Waals surface area contributed by atoms with Gasteiger partial charge in [0, 0.05) is 25.1 Å². The number of halogens is 1. The van der Waals surface area contributed by atoms with Crippen molar-refractivity contribution in [3.05, 3.63) is 16.5 Å². The zero-order valence-corrected chi connectivity index (χ0v) is 12.9. The van der Waals surface area contributed by atoms with Gasteiger partial charge in [0.05, 0.1) is 5.75 Å². The Bertz CT molecular complexity index is 534. The topological polar surface area (TPSA) is 84.0 Å². The molecule has 0 amide bonds. The minimum absolute atomic E-state index is 0.0106. The molecule has 0 unspecified atom stereocenters. The summed E-state index contributed by atoms with van der Waals surface area (Å²) in [6.45, 7) is 6.13. The van der Waals surface area contributed by atoms with Gasteiger partial charge in [-0.25, -0.2) is 23.1 Å². The lowest BCUT2D eigenvalue weighted by atomic mass is 10.3. The van der Waals surface area contributed by atoms with Crippen LogP contribution >= 0.6 is 11.6 Å². The molecule has 0 fully saturated rings. The predicted octanol–water partition coefficient (Wildman–Crippen LogP) is 1.35. The number of rotatable bonds is 7. The average Bonchev–Trinajstić information content (AvgIpc) is 2.33. The van der Waals surface area contributed by atoms with Gasteiger partial charge in [0.25, 0.3) is 0 Å². The second-order valence-corrected chi connectivity index (χ2v) is 6.29. The van der Waals surface area contributed by atoms with Gasteiger partial charge in [0.1, 0.15) is 16.8 Å². The van der Waals surface area contributed by atoms with E-state index in [0.29, 0.717) is 29.8 Å². The molecule has 1 aromatic rings. The summed E-state index contributed by atoms with van der Waals surface area (Å²) < 4.78 is 25.4. The second-order valence-electron chi connectivity index (χ2n) is 4.00. The van der Waals surface area contributed by atoms with Gasteiger partial charge >= 0.3 is 0 Å². The lowest BCUT2D eigenvalue weighted by Crippen LogP contribution is -2.29. The SMILES string of the molecule is CCNS(=O)(=O)CCNc1nc(CC)nc(Cl)c1C. The zero-order chi connectivity index (χ0) is 14.5. The van der Waals surface area contributed by atoms with Crippen LogP contribution in [0.1, 0.15) is 25.2 Å². The summed E-state index contributed by atoms with van der Waals surface area (Å²) in [7, 11) is -3.23. The van der Waals surface area contributed by atoms with E-state index in [1.54, 1.807) is 13.8 Å². The molecule has 0 aliphatic rings. The maximum Gasteiger partial charge on any atom is 0.213 e. The van der Waals surface area contributed by atoms with E-state index in [1.165, 1.54) is 0 Å². The van der Waals surface area contributed by atoms with E-state index in [2.05, 4.69) is 20.0 Å². The lowest BCUT2D eigenvalue weighted by molar-refractivity contribution is 0.584. The molecule has 0 aromatic carbocycles. The maximum atomic E-state index is 11.5. The first kappa shape index (κ1) is 16.1. The number of aromatic nitrogens is 2. The zero-order valence-electron chi connectivity index (χ0n) is 11.3. The van der Waals surface area contributed by atoms with Gasteiger partial charge in [-0.15, -0.1) is 0 Å². The highest BCUT2D eigenvalue weighted by Crippen LogP contribution is 2.19. The number of sulfonamides is 1. The molecule has 0 saturated carbocycles. The van der Waals surface area contributed by atoms with Crippen LogP contribution in [0.2, 0.25) is 5.15 Å². The summed E-state index contributed by atoms with van der Waals surface area (Å²) in [6.07, 6.45) is 0.671. The van der Waals surface area contributed by atoms with Crippen molar-refractivity contribution in [2.45, 2.75) is 27.2 Å². The molecular formula is C11H19ClN4O2S. The number of hydrogen-bond acceptors (Lipinski definition) is 5. The van der Waals surface area contributed by atoms with E-state index in [9.17, 15) is 8.42 Å². The van der Waals surface area contributed by atoms with Crippen LogP contribution in [0, 0.1) is 6.92 Å². The minimum atomic E-state index is -3.23. The third-order valence-electron chi connectivity index (χ3n) is 2.48. The molecule has 2 N–H and O–H groups in total. The molecule has 8 heteroatoms. The van der Waals surface area contributed by atoms with Crippen molar-refractivity contribution >= 4 is 27.4 Å². The fourth-order valence-electron chi connectivity index (χ4n) is 1.46. The molecule has 1 aromatic heterocycles. The van der Waals surface area contributed by atoms with Crippen LogP contribution in [0.4, 0.5) is 5.82 Å². The Morgan fingerprint density at radius 3 is 2.53 bits per heavy atom.